The van der Waals surface area contributed by atoms with E-state index in [1.165, 1.54) is 6.42 Å². The zero-order valence-corrected chi connectivity index (χ0v) is 17.9. The number of hydrogen-bond acceptors (Lipinski definition) is 4. The molecule has 0 aliphatic carbocycles. The third kappa shape index (κ3) is 4.85. The minimum Gasteiger partial charge on any atom is -0.355 e. The van der Waals surface area contributed by atoms with Crippen LogP contribution < -0.4 is 4.90 Å². The van der Waals surface area contributed by atoms with Gasteiger partial charge in [0.15, 0.2) is 0 Å². The molecule has 0 atom stereocenters. The molecule has 29 heavy (non-hydrogen) atoms. The van der Waals surface area contributed by atoms with Gasteiger partial charge in [0.2, 0.25) is 5.91 Å². The van der Waals surface area contributed by atoms with E-state index in [1.807, 2.05) is 4.90 Å². The standard InChI is InChI=1S/C22H31ClN4O2/c23-19-14-18(22(29)26-9-3-1-4-10-26)15-24-21(19)25-12-7-17(8-13-25)16-27-11-5-2-6-20(27)28/h14-15,17H,1-13,16H2. The average Bonchev–Trinajstić information content (AvgIpc) is 2.76. The Balaban J connectivity index is 1.33. The molecule has 1 aromatic rings. The van der Waals surface area contributed by atoms with Gasteiger partial charge in [-0.2, -0.15) is 0 Å². The number of carbonyl (C=O) groups excluding carboxylic acids is 2. The van der Waals surface area contributed by atoms with Crippen LogP contribution in [-0.4, -0.2) is 65.9 Å². The average molecular weight is 419 g/mol. The molecule has 0 bridgehead atoms. The molecular weight excluding hydrogens is 388 g/mol. The van der Waals surface area contributed by atoms with E-state index < -0.39 is 0 Å². The third-order valence-electron chi connectivity index (χ3n) is 6.53. The maximum Gasteiger partial charge on any atom is 0.255 e. The number of amides is 2. The van der Waals surface area contributed by atoms with E-state index >= 15 is 0 Å². The summed E-state index contributed by atoms with van der Waals surface area (Å²) in [6.07, 6.45) is 9.97. The van der Waals surface area contributed by atoms with Gasteiger partial charge < -0.3 is 14.7 Å². The fourth-order valence-electron chi connectivity index (χ4n) is 4.75. The monoisotopic (exact) mass is 418 g/mol. The number of pyridine rings is 1. The van der Waals surface area contributed by atoms with Crippen LogP contribution in [0.3, 0.4) is 0 Å². The van der Waals surface area contributed by atoms with E-state index in [1.54, 1.807) is 12.3 Å². The molecule has 3 fully saturated rings. The largest absolute Gasteiger partial charge is 0.355 e. The van der Waals surface area contributed by atoms with E-state index in [0.717, 1.165) is 83.6 Å². The highest BCUT2D eigenvalue weighted by atomic mass is 35.5. The third-order valence-corrected chi connectivity index (χ3v) is 6.80. The molecule has 0 radical (unpaired) electrons. The maximum atomic E-state index is 12.7. The Bertz CT molecular complexity index is 742. The highest BCUT2D eigenvalue weighted by molar-refractivity contribution is 6.33. The van der Waals surface area contributed by atoms with Crippen molar-refractivity contribution in [3.8, 4) is 0 Å². The summed E-state index contributed by atoms with van der Waals surface area (Å²) in [5.41, 5.74) is 0.583. The number of aromatic nitrogens is 1. The van der Waals surface area contributed by atoms with Crippen LogP contribution in [0, 0.1) is 5.92 Å². The zero-order chi connectivity index (χ0) is 20.2. The van der Waals surface area contributed by atoms with Crippen molar-refractivity contribution in [1.29, 1.82) is 0 Å². The molecule has 7 heteroatoms. The highest BCUT2D eigenvalue weighted by Gasteiger charge is 2.27. The van der Waals surface area contributed by atoms with E-state index in [4.69, 9.17) is 11.6 Å². The van der Waals surface area contributed by atoms with Gasteiger partial charge in [0.1, 0.15) is 5.82 Å². The Morgan fingerprint density at radius 1 is 1.03 bits per heavy atom. The van der Waals surface area contributed by atoms with Crippen LogP contribution in [0.2, 0.25) is 5.02 Å². The van der Waals surface area contributed by atoms with Crippen molar-refractivity contribution in [1.82, 2.24) is 14.8 Å². The lowest BCUT2D eigenvalue weighted by Gasteiger charge is -2.37. The molecule has 3 aliphatic heterocycles. The Morgan fingerprint density at radius 3 is 2.45 bits per heavy atom. The van der Waals surface area contributed by atoms with Crippen LogP contribution in [0.1, 0.15) is 61.7 Å². The van der Waals surface area contributed by atoms with Crippen molar-refractivity contribution in [2.75, 3.05) is 44.2 Å². The van der Waals surface area contributed by atoms with Crippen LogP contribution in [0.25, 0.3) is 0 Å². The van der Waals surface area contributed by atoms with E-state index in [0.29, 0.717) is 28.8 Å². The highest BCUT2D eigenvalue weighted by Crippen LogP contribution is 2.29. The normalized spacial score (nSPS) is 21.6. The number of nitrogens with zero attached hydrogens (tertiary/aromatic N) is 4. The molecule has 0 aromatic carbocycles. The molecule has 3 aliphatic rings. The van der Waals surface area contributed by atoms with Gasteiger partial charge in [0.05, 0.1) is 10.6 Å². The number of likely N-dealkylation sites (tertiary alicyclic amines) is 2. The second kappa shape index (κ2) is 9.33. The number of anilines is 1. The lowest BCUT2D eigenvalue weighted by Crippen LogP contribution is -2.43. The Morgan fingerprint density at radius 2 is 1.76 bits per heavy atom. The summed E-state index contributed by atoms with van der Waals surface area (Å²) in [4.78, 5) is 35.5. The number of rotatable bonds is 4. The molecule has 0 unspecified atom stereocenters. The van der Waals surface area contributed by atoms with Crippen LogP contribution in [-0.2, 0) is 4.79 Å². The van der Waals surface area contributed by atoms with Crippen molar-refractivity contribution in [2.45, 2.75) is 51.4 Å². The molecule has 0 spiro atoms. The number of halogens is 1. The van der Waals surface area contributed by atoms with Gasteiger partial charge in [0.25, 0.3) is 5.91 Å². The molecule has 2 amide bonds. The predicted octanol–water partition coefficient (Wildman–Crippen LogP) is 3.59. The topological polar surface area (TPSA) is 56.8 Å². The van der Waals surface area contributed by atoms with Gasteiger partial charge in [0, 0.05) is 51.9 Å². The first-order valence-corrected chi connectivity index (χ1v) is 11.5. The number of carbonyl (C=O) groups is 2. The van der Waals surface area contributed by atoms with Gasteiger partial charge in [-0.15, -0.1) is 0 Å². The molecule has 4 rings (SSSR count). The minimum absolute atomic E-state index is 0.0376. The van der Waals surface area contributed by atoms with Gasteiger partial charge in [-0.25, -0.2) is 4.98 Å². The Hall–Kier alpha value is -1.82. The lowest BCUT2D eigenvalue weighted by molar-refractivity contribution is -0.134. The van der Waals surface area contributed by atoms with Crippen molar-refractivity contribution in [3.63, 3.8) is 0 Å². The number of piperidine rings is 3. The first kappa shape index (κ1) is 20.5. The maximum absolute atomic E-state index is 12.7. The fraction of sp³-hybridized carbons (Fsp3) is 0.682. The molecule has 158 valence electrons. The zero-order valence-electron chi connectivity index (χ0n) is 17.1. The summed E-state index contributed by atoms with van der Waals surface area (Å²) in [5, 5.41) is 0.553. The van der Waals surface area contributed by atoms with Crippen LogP contribution in [0.15, 0.2) is 12.3 Å². The molecule has 0 saturated carbocycles. The minimum atomic E-state index is 0.0376. The summed E-state index contributed by atoms with van der Waals surface area (Å²) in [7, 11) is 0. The van der Waals surface area contributed by atoms with Crippen molar-refractivity contribution in [3.05, 3.63) is 22.8 Å². The molecular formula is C22H31ClN4O2. The summed E-state index contributed by atoms with van der Waals surface area (Å²) in [6.45, 7) is 5.23. The van der Waals surface area contributed by atoms with Crippen molar-refractivity contribution >= 4 is 29.2 Å². The fourth-order valence-corrected chi connectivity index (χ4v) is 5.04. The summed E-state index contributed by atoms with van der Waals surface area (Å²) in [6, 6.07) is 1.78. The van der Waals surface area contributed by atoms with Crippen LogP contribution >= 0.6 is 11.6 Å². The van der Waals surface area contributed by atoms with E-state index in [9.17, 15) is 9.59 Å². The molecule has 6 nitrogen and oxygen atoms in total. The second-order valence-electron chi connectivity index (χ2n) is 8.61. The molecule has 3 saturated heterocycles. The van der Waals surface area contributed by atoms with Crippen LogP contribution in [0.5, 0.6) is 0 Å². The van der Waals surface area contributed by atoms with E-state index in [-0.39, 0.29) is 5.91 Å². The summed E-state index contributed by atoms with van der Waals surface area (Å²) < 4.78 is 0. The first-order valence-electron chi connectivity index (χ1n) is 11.1. The van der Waals surface area contributed by atoms with E-state index in [2.05, 4.69) is 14.8 Å². The van der Waals surface area contributed by atoms with Crippen LogP contribution in [0.4, 0.5) is 5.82 Å². The first-order chi connectivity index (χ1) is 14.1. The lowest BCUT2D eigenvalue weighted by atomic mass is 9.95. The van der Waals surface area contributed by atoms with Gasteiger partial charge >= 0.3 is 0 Å². The van der Waals surface area contributed by atoms with Gasteiger partial charge in [-0.05, 0) is 56.9 Å². The van der Waals surface area contributed by atoms with Gasteiger partial charge in [-0.1, -0.05) is 11.6 Å². The molecule has 0 N–H and O–H groups in total. The Labute approximate surface area is 178 Å². The summed E-state index contributed by atoms with van der Waals surface area (Å²) >= 11 is 6.53. The van der Waals surface area contributed by atoms with Crippen molar-refractivity contribution in [2.24, 2.45) is 5.92 Å². The summed E-state index contributed by atoms with van der Waals surface area (Å²) in [5.74, 6) is 1.68. The van der Waals surface area contributed by atoms with Crippen molar-refractivity contribution < 1.29 is 9.59 Å². The molecule has 4 heterocycles. The number of hydrogen-bond donors (Lipinski definition) is 0. The Kier molecular flexibility index (Phi) is 6.58. The molecule has 1 aromatic heterocycles. The quantitative estimate of drug-likeness (QED) is 0.749. The SMILES string of the molecule is O=C1CCCCN1CC1CCN(c2ncc(C(=O)N3CCCCC3)cc2Cl)CC1. The second-order valence-corrected chi connectivity index (χ2v) is 9.02. The predicted molar refractivity (Wildman–Crippen MR) is 114 cm³/mol. The van der Waals surface area contributed by atoms with Gasteiger partial charge in [-0.3, -0.25) is 9.59 Å². The smallest absolute Gasteiger partial charge is 0.255 e.